The molecule has 0 saturated carbocycles. The average Bonchev–Trinajstić information content (AvgIpc) is 2.61. The molecule has 1 amide bonds. The SMILES string of the molecule is CCN(C(=O)CCN(C)CCC(F)(F)F)C(C=Nc1cccnc1)C(=N)Cl. The Balaban J connectivity index is 2.69. The Morgan fingerprint density at radius 1 is 1.44 bits per heavy atom. The van der Waals surface area contributed by atoms with Crippen LogP contribution in [0.15, 0.2) is 29.5 Å². The summed E-state index contributed by atoms with van der Waals surface area (Å²) in [6, 6.07) is 2.57. The van der Waals surface area contributed by atoms with E-state index in [2.05, 4.69) is 9.98 Å². The molecule has 1 aromatic rings. The first-order valence-corrected chi connectivity index (χ1v) is 8.74. The molecule has 1 aromatic heterocycles. The van der Waals surface area contributed by atoms with Gasteiger partial charge in [0.25, 0.3) is 0 Å². The van der Waals surface area contributed by atoms with E-state index in [9.17, 15) is 18.0 Å². The van der Waals surface area contributed by atoms with Crippen LogP contribution in [0, 0.1) is 5.41 Å². The molecule has 0 aliphatic carbocycles. The van der Waals surface area contributed by atoms with E-state index in [1.165, 1.54) is 29.3 Å². The highest BCUT2D eigenvalue weighted by Gasteiger charge is 2.28. The zero-order chi connectivity index (χ0) is 20.4. The van der Waals surface area contributed by atoms with E-state index in [1.807, 2.05) is 0 Å². The minimum atomic E-state index is -4.23. The summed E-state index contributed by atoms with van der Waals surface area (Å²) in [7, 11) is 1.53. The van der Waals surface area contributed by atoms with Gasteiger partial charge in [-0.2, -0.15) is 13.2 Å². The van der Waals surface area contributed by atoms with Gasteiger partial charge in [-0.1, -0.05) is 11.6 Å². The molecule has 0 aliphatic heterocycles. The van der Waals surface area contributed by atoms with Crippen LogP contribution in [0.4, 0.5) is 18.9 Å². The van der Waals surface area contributed by atoms with Gasteiger partial charge in [0.1, 0.15) is 11.2 Å². The van der Waals surface area contributed by atoms with Crippen molar-refractivity contribution in [2.75, 3.05) is 26.7 Å². The van der Waals surface area contributed by atoms with Crippen molar-refractivity contribution in [3.8, 4) is 0 Å². The zero-order valence-electron chi connectivity index (χ0n) is 15.2. The number of aliphatic imine (C=N–C) groups is 1. The lowest BCUT2D eigenvalue weighted by atomic mass is 10.2. The van der Waals surface area contributed by atoms with Gasteiger partial charge in [-0.3, -0.25) is 20.2 Å². The molecular formula is C17H23ClF3N5O. The summed E-state index contributed by atoms with van der Waals surface area (Å²) in [5, 5.41) is 7.45. The first-order chi connectivity index (χ1) is 12.6. The maximum atomic E-state index is 12.5. The number of hydrogen-bond donors (Lipinski definition) is 1. The quantitative estimate of drug-likeness (QED) is 0.605. The summed E-state index contributed by atoms with van der Waals surface area (Å²) < 4.78 is 36.8. The first-order valence-electron chi connectivity index (χ1n) is 8.37. The zero-order valence-corrected chi connectivity index (χ0v) is 16.0. The lowest BCUT2D eigenvalue weighted by Gasteiger charge is -2.28. The maximum absolute atomic E-state index is 12.5. The third-order valence-corrected chi connectivity index (χ3v) is 3.98. The summed E-state index contributed by atoms with van der Waals surface area (Å²) in [5.41, 5.74) is 0.552. The average molecular weight is 406 g/mol. The summed E-state index contributed by atoms with van der Waals surface area (Å²) in [6.45, 7) is 2.01. The van der Waals surface area contributed by atoms with E-state index >= 15 is 0 Å². The molecular weight excluding hydrogens is 383 g/mol. The summed E-state index contributed by atoms with van der Waals surface area (Å²) in [5.74, 6) is -0.315. The molecule has 1 unspecified atom stereocenters. The van der Waals surface area contributed by atoms with Crippen LogP contribution in [-0.4, -0.2) is 71.0 Å². The third-order valence-electron chi connectivity index (χ3n) is 3.75. The highest BCUT2D eigenvalue weighted by atomic mass is 35.5. The molecule has 0 saturated heterocycles. The number of carbonyl (C=O) groups excluding carboxylic acids is 1. The Kier molecular flexibility index (Phi) is 9.37. The minimum absolute atomic E-state index is 0.0175. The van der Waals surface area contributed by atoms with Crippen molar-refractivity contribution in [2.45, 2.75) is 32.0 Å². The van der Waals surface area contributed by atoms with Crippen LogP contribution in [0.3, 0.4) is 0 Å². The normalized spacial score (nSPS) is 13.1. The van der Waals surface area contributed by atoms with Crippen LogP contribution in [0.5, 0.6) is 0 Å². The molecule has 0 aromatic carbocycles. The van der Waals surface area contributed by atoms with Crippen molar-refractivity contribution in [2.24, 2.45) is 4.99 Å². The molecule has 0 spiro atoms. The topological polar surface area (TPSA) is 72.7 Å². The highest BCUT2D eigenvalue weighted by Crippen LogP contribution is 2.19. The predicted molar refractivity (Wildman–Crippen MR) is 99.9 cm³/mol. The Morgan fingerprint density at radius 2 is 2.15 bits per heavy atom. The number of amides is 1. The largest absolute Gasteiger partial charge is 0.390 e. The van der Waals surface area contributed by atoms with Gasteiger partial charge >= 0.3 is 6.18 Å². The number of pyridine rings is 1. The summed E-state index contributed by atoms with van der Waals surface area (Å²) in [4.78, 5) is 23.4. The summed E-state index contributed by atoms with van der Waals surface area (Å²) in [6.07, 6.45) is -0.627. The number of alkyl halides is 3. The van der Waals surface area contributed by atoms with Gasteiger partial charge in [0.05, 0.1) is 18.3 Å². The number of halogens is 4. The summed E-state index contributed by atoms with van der Waals surface area (Å²) >= 11 is 5.84. The molecule has 1 N–H and O–H groups in total. The molecule has 1 rings (SSSR count). The highest BCUT2D eigenvalue weighted by molar-refractivity contribution is 6.67. The Bertz CT molecular complexity index is 639. The molecule has 150 valence electrons. The molecule has 1 atom stereocenters. The molecule has 27 heavy (non-hydrogen) atoms. The fourth-order valence-corrected chi connectivity index (χ4v) is 2.43. The fraction of sp³-hybridized carbons (Fsp3) is 0.529. The second-order valence-corrected chi connectivity index (χ2v) is 6.29. The van der Waals surface area contributed by atoms with Gasteiger partial charge in [-0.05, 0) is 26.1 Å². The lowest BCUT2D eigenvalue weighted by molar-refractivity contribution is -0.137. The van der Waals surface area contributed by atoms with Crippen LogP contribution < -0.4 is 0 Å². The number of hydrogen-bond acceptors (Lipinski definition) is 5. The van der Waals surface area contributed by atoms with Crippen molar-refractivity contribution in [1.82, 2.24) is 14.8 Å². The van der Waals surface area contributed by atoms with Gasteiger partial charge in [0, 0.05) is 38.5 Å². The van der Waals surface area contributed by atoms with Crippen LogP contribution in [0.2, 0.25) is 0 Å². The molecule has 6 nitrogen and oxygen atoms in total. The number of rotatable bonds is 10. The Hall–Kier alpha value is -2.00. The molecule has 0 bridgehead atoms. The van der Waals surface area contributed by atoms with Gasteiger partial charge in [-0.15, -0.1) is 0 Å². The molecule has 10 heteroatoms. The van der Waals surface area contributed by atoms with Crippen LogP contribution >= 0.6 is 11.6 Å². The minimum Gasteiger partial charge on any atom is -0.328 e. The van der Waals surface area contributed by atoms with E-state index in [0.29, 0.717) is 5.69 Å². The second kappa shape index (κ2) is 11.0. The van der Waals surface area contributed by atoms with E-state index in [-0.39, 0.29) is 37.1 Å². The van der Waals surface area contributed by atoms with Crippen LogP contribution in [0.25, 0.3) is 0 Å². The van der Waals surface area contributed by atoms with Crippen molar-refractivity contribution in [3.63, 3.8) is 0 Å². The number of nitrogens with one attached hydrogen (secondary N) is 1. The van der Waals surface area contributed by atoms with Crippen molar-refractivity contribution in [1.29, 1.82) is 5.41 Å². The number of aromatic nitrogens is 1. The molecule has 1 heterocycles. The Morgan fingerprint density at radius 3 is 2.67 bits per heavy atom. The van der Waals surface area contributed by atoms with Crippen LogP contribution in [0.1, 0.15) is 19.8 Å². The predicted octanol–water partition coefficient (Wildman–Crippen LogP) is 3.49. The van der Waals surface area contributed by atoms with E-state index in [4.69, 9.17) is 17.0 Å². The number of nitrogens with zero attached hydrogens (tertiary/aromatic N) is 4. The van der Waals surface area contributed by atoms with Gasteiger partial charge in [0.15, 0.2) is 0 Å². The Labute approximate surface area is 161 Å². The lowest BCUT2D eigenvalue weighted by Crippen LogP contribution is -2.45. The second-order valence-electron chi connectivity index (χ2n) is 5.88. The van der Waals surface area contributed by atoms with Crippen LogP contribution in [-0.2, 0) is 4.79 Å². The van der Waals surface area contributed by atoms with Gasteiger partial charge in [0.2, 0.25) is 5.91 Å². The van der Waals surface area contributed by atoms with E-state index in [1.54, 1.807) is 25.3 Å². The number of carbonyl (C=O) groups is 1. The van der Waals surface area contributed by atoms with Crippen molar-refractivity contribution in [3.05, 3.63) is 24.5 Å². The fourth-order valence-electron chi connectivity index (χ4n) is 2.26. The van der Waals surface area contributed by atoms with Gasteiger partial charge < -0.3 is 9.80 Å². The van der Waals surface area contributed by atoms with E-state index in [0.717, 1.165) is 0 Å². The smallest absolute Gasteiger partial charge is 0.328 e. The molecule has 0 aliphatic rings. The molecule has 0 fully saturated rings. The van der Waals surface area contributed by atoms with Crippen molar-refractivity contribution < 1.29 is 18.0 Å². The standard InChI is InChI=1S/C17H23ClF3N5O/c1-3-26(15(27)6-9-25(2)10-7-17(19,20)21)14(16(18)22)12-24-13-5-4-8-23-11-13/h4-5,8,11-12,14,22H,3,6-7,9-10H2,1-2H3. The maximum Gasteiger partial charge on any atom is 0.390 e. The first kappa shape index (κ1) is 23.0. The third kappa shape index (κ3) is 8.96. The van der Waals surface area contributed by atoms with Crippen molar-refractivity contribution >= 4 is 34.6 Å². The monoisotopic (exact) mass is 405 g/mol. The van der Waals surface area contributed by atoms with E-state index < -0.39 is 18.6 Å². The van der Waals surface area contributed by atoms with Gasteiger partial charge in [-0.25, -0.2) is 0 Å². The molecule has 0 radical (unpaired) electrons.